The van der Waals surface area contributed by atoms with Crippen LogP contribution < -0.4 is 5.32 Å². The summed E-state index contributed by atoms with van der Waals surface area (Å²) in [4.78, 5) is 21.5. The third-order valence-electron chi connectivity index (χ3n) is 5.22. The molecule has 0 unspecified atom stereocenters. The summed E-state index contributed by atoms with van der Waals surface area (Å²) in [7, 11) is 0. The number of pyridine rings is 1. The van der Waals surface area contributed by atoms with Crippen LogP contribution in [0, 0.1) is 0 Å². The van der Waals surface area contributed by atoms with Crippen LogP contribution in [0.4, 0.5) is 5.69 Å². The van der Waals surface area contributed by atoms with Crippen molar-refractivity contribution >= 4 is 11.6 Å². The fourth-order valence-corrected chi connectivity index (χ4v) is 3.55. The number of nitrogens with one attached hydrogen (secondary N) is 2. The highest BCUT2D eigenvalue weighted by Crippen LogP contribution is 2.36. The average molecular weight is 419 g/mol. The number of aromatic nitrogens is 6. The van der Waals surface area contributed by atoms with E-state index >= 15 is 0 Å². The van der Waals surface area contributed by atoms with Crippen molar-refractivity contribution in [2.45, 2.75) is 31.9 Å². The van der Waals surface area contributed by atoms with Gasteiger partial charge in [-0.05, 0) is 31.9 Å². The molecule has 158 valence electrons. The summed E-state index contributed by atoms with van der Waals surface area (Å²) >= 11 is 0. The maximum atomic E-state index is 12.8. The highest BCUT2D eigenvalue weighted by atomic mass is 16.5. The smallest absolute Gasteiger partial charge is 0.277 e. The van der Waals surface area contributed by atoms with Crippen molar-refractivity contribution in [3.63, 3.8) is 0 Å². The topological polar surface area (TPSA) is 124 Å². The van der Waals surface area contributed by atoms with Crippen molar-refractivity contribution in [1.82, 2.24) is 29.9 Å². The molecule has 1 fully saturated rings. The van der Waals surface area contributed by atoms with E-state index in [4.69, 9.17) is 14.3 Å². The lowest BCUT2D eigenvalue weighted by Gasteiger charge is -2.34. The largest absolute Gasteiger partial charge is 0.444 e. The summed E-state index contributed by atoms with van der Waals surface area (Å²) < 4.78 is 13.0. The number of hydrogen-bond donors (Lipinski definition) is 2. The third-order valence-corrected chi connectivity index (χ3v) is 5.22. The van der Waals surface area contributed by atoms with Gasteiger partial charge < -0.3 is 14.5 Å². The third kappa shape index (κ3) is 3.84. The molecule has 0 aromatic carbocycles. The van der Waals surface area contributed by atoms with Crippen LogP contribution in [0.1, 0.15) is 36.3 Å². The van der Waals surface area contributed by atoms with Gasteiger partial charge in [0.15, 0.2) is 5.69 Å². The number of hydrogen-bond acceptors (Lipinski definition) is 7. The lowest BCUT2D eigenvalue weighted by atomic mass is 9.89. The summed E-state index contributed by atoms with van der Waals surface area (Å²) in [5, 5.41) is 14.2. The quantitative estimate of drug-likeness (QED) is 0.471. The molecular formula is C21H21N7O3. The van der Waals surface area contributed by atoms with Gasteiger partial charge in [0.25, 0.3) is 5.91 Å². The van der Waals surface area contributed by atoms with Gasteiger partial charge in [-0.1, -0.05) is 6.07 Å². The van der Waals surface area contributed by atoms with E-state index in [0.717, 1.165) is 12.8 Å². The first-order chi connectivity index (χ1) is 15.2. The van der Waals surface area contributed by atoms with Crippen LogP contribution in [0.2, 0.25) is 0 Å². The van der Waals surface area contributed by atoms with E-state index in [1.807, 2.05) is 36.0 Å². The zero-order valence-electron chi connectivity index (χ0n) is 16.9. The van der Waals surface area contributed by atoms with E-state index in [9.17, 15) is 4.79 Å². The number of amides is 1. The van der Waals surface area contributed by atoms with Crippen LogP contribution in [0.5, 0.6) is 0 Å². The molecule has 10 heteroatoms. The van der Waals surface area contributed by atoms with Crippen molar-refractivity contribution in [2.24, 2.45) is 0 Å². The van der Waals surface area contributed by atoms with Gasteiger partial charge in [-0.15, -0.1) is 0 Å². The molecule has 5 rings (SSSR count). The van der Waals surface area contributed by atoms with Crippen molar-refractivity contribution in [3.05, 3.63) is 54.9 Å². The van der Waals surface area contributed by atoms with Crippen molar-refractivity contribution < 1.29 is 13.9 Å². The van der Waals surface area contributed by atoms with Crippen molar-refractivity contribution in [1.29, 1.82) is 0 Å². The Morgan fingerprint density at radius 1 is 1.39 bits per heavy atom. The first-order valence-electron chi connectivity index (χ1n) is 10.1. The van der Waals surface area contributed by atoms with Gasteiger partial charge in [-0.3, -0.25) is 19.6 Å². The second-order valence-electron chi connectivity index (χ2n) is 7.27. The molecule has 4 aromatic heterocycles. The Morgan fingerprint density at radius 3 is 3.03 bits per heavy atom. The predicted molar refractivity (Wildman–Crippen MR) is 111 cm³/mol. The molecule has 0 atom stereocenters. The molecule has 0 saturated heterocycles. The summed E-state index contributed by atoms with van der Waals surface area (Å²) in [6, 6.07) is 5.81. The standard InChI is InChI=1S/C21H21N7O3/c1-2-30-15-7-14(8-15)28-11-17(19(27-28)16-5-3-4-6-22-16)25-20(29)18-12-31-21(26-18)13-9-23-24-10-13/h3-6,9-12,14-15H,2,7-8H2,1H3,(H,23,24)(H,25,29)/t14-,15-. The minimum Gasteiger partial charge on any atom is -0.444 e. The molecule has 1 amide bonds. The number of aromatic amines is 1. The molecule has 4 heterocycles. The Hall–Kier alpha value is -3.79. The Bertz CT molecular complexity index is 1160. The van der Waals surface area contributed by atoms with Crippen LogP contribution in [-0.4, -0.2) is 48.6 Å². The van der Waals surface area contributed by atoms with Gasteiger partial charge in [0.2, 0.25) is 5.89 Å². The number of oxazole rings is 1. The lowest BCUT2D eigenvalue weighted by molar-refractivity contribution is -0.0226. The molecule has 10 nitrogen and oxygen atoms in total. The van der Waals surface area contributed by atoms with Gasteiger partial charge in [-0.25, -0.2) is 4.98 Å². The molecule has 31 heavy (non-hydrogen) atoms. The van der Waals surface area contributed by atoms with Crippen LogP contribution in [0.3, 0.4) is 0 Å². The summed E-state index contributed by atoms with van der Waals surface area (Å²) in [6.07, 6.45) is 10.1. The van der Waals surface area contributed by atoms with Gasteiger partial charge in [0.1, 0.15) is 12.0 Å². The zero-order chi connectivity index (χ0) is 21.2. The molecular weight excluding hydrogens is 398 g/mol. The number of rotatable bonds is 7. The number of anilines is 1. The van der Waals surface area contributed by atoms with E-state index in [2.05, 4.69) is 25.5 Å². The predicted octanol–water partition coefficient (Wildman–Crippen LogP) is 3.32. The maximum Gasteiger partial charge on any atom is 0.277 e. The number of ether oxygens (including phenoxy) is 1. The van der Waals surface area contributed by atoms with E-state index in [1.54, 1.807) is 18.6 Å². The normalized spacial score (nSPS) is 18.0. The number of carbonyl (C=O) groups is 1. The number of H-pyrrole nitrogens is 1. The fraction of sp³-hybridized carbons (Fsp3) is 0.286. The molecule has 2 N–H and O–H groups in total. The van der Waals surface area contributed by atoms with Crippen LogP contribution in [0.15, 0.2) is 53.7 Å². The minimum atomic E-state index is -0.393. The van der Waals surface area contributed by atoms with Crippen LogP contribution >= 0.6 is 0 Å². The Labute approximate surface area is 177 Å². The maximum absolute atomic E-state index is 12.8. The van der Waals surface area contributed by atoms with Gasteiger partial charge in [-0.2, -0.15) is 10.2 Å². The molecule has 0 radical (unpaired) electrons. The van der Waals surface area contributed by atoms with Crippen LogP contribution in [-0.2, 0) is 4.74 Å². The van der Waals surface area contributed by atoms with E-state index < -0.39 is 5.91 Å². The summed E-state index contributed by atoms with van der Waals surface area (Å²) in [5.41, 5.74) is 2.67. The Morgan fingerprint density at radius 2 is 2.29 bits per heavy atom. The summed E-state index contributed by atoms with van der Waals surface area (Å²) in [6.45, 7) is 2.70. The van der Waals surface area contributed by atoms with Crippen LogP contribution in [0.25, 0.3) is 22.8 Å². The Balaban J connectivity index is 1.39. The molecule has 1 saturated carbocycles. The SMILES string of the molecule is CCO[C@H]1C[C@H](n2cc(NC(=O)c3coc(-c4cn[nH]c4)n3)c(-c3ccccn3)n2)C1. The first-order valence-corrected chi connectivity index (χ1v) is 10.1. The average Bonchev–Trinajstić information content (AvgIpc) is 3.51. The highest BCUT2D eigenvalue weighted by Gasteiger charge is 2.32. The second kappa shape index (κ2) is 8.15. The van der Waals surface area contributed by atoms with Gasteiger partial charge in [0.05, 0.1) is 35.3 Å². The number of nitrogens with zero attached hydrogens (tertiary/aromatic N) is 5. The zero-order valence-corrected chi connectivity index (χ0v) is 16.9. The van der Waals surface area contributed by atoms with Crippen molar-refractivity contribution in [3.8, 4) is 22.8 Å². The van der Waals surface area contributed by atoms with E-state index in [0.29, 0.717) is 35.1 Å². The molecule has 1 aliphatic carbocycles. The molecule has 0 spiro atoms. The minimum absolute atomic E-state index is 0.163. The number of carbonyl (C=O) groups excluding carboxylic acids is 1. The van der Waals surface area contributed by atoms with Gasteiger partial charge >= 0.3 is 0 Å². The van der Waals surface area contributed by atoms with E-state index in [1.165, 1.54) is 6.26 Å². The molecule has 4 aromatic rings. The fourth-order valence-electron chi connectivity index (χ4n) is 3.55. The molecule has 1 aliphatic rings. The van der Waals surface area contributed by atoms with Crippen molar-refractivity contribution in [2.75, 3.05) is 11.9 Å². The second-order valence-corrected chi connectivity index (χ2v) is 7.27. The first kappa shape index (κ1) is 19.2. The van der Waals surface area contributed by atoms with Gasteiger partial charge in [0, 0.05) is 25.2 Å². The highest BCUT2D eigenvalue weighted by molar-refractivity contribution is 6.04. The molecule has 0 aliphatic heterocycles. The monoisotopic (exact) mass is 419 g/mol. The van der Waals surface area contributed by atoms with E-state index in [-0.39, 0.29) is 17.8 Å². The lowest BCUT2D eigenvalue weighted by Crippen LogP contribution is -2.33. The molecule has 0 bridgehead atoms. The summed E-state index contributed by atoms with van der Waals surface area (Å²) in [5.74, 6) is -0.0768. The Kier molecular flexibility index (Phi) is 5.04.